The Balaban J connectivity index is 1.10. The van der Waals surface area contributed by atoms with Gasteiger partial charge in [0.15, 0.2) is 0 Å². The highest BCUT2D eigenvalue weighted by Gasteiger charge is 2.59. The molecule has 3 nitrogen and oxygen atoms in total. The highest BCUT2D eigenvalue weighted by molar-refractivity contribution is 7.00. The maximum absolute atomic E-state index is 2.83. The SMILES string of the molecule is CC(C)(C)c1ccc2c(c1)N(c1ccc3c(c1)C(C)(C)c1ccccc1-3)c1cc(N3c4ccccc4C4(C)CCCCC34C)cc3c1B2c1ccc(C(C)(C)C)c2c1N3c1cccc3c1C2(C)c1ccccc1-3. The zero-order valence-electron chi connectivity index (χ0n) is 44.7. The van der Waals surface area contributed by atoms with E-state index in [0.717, 1.165) is 6.42 Å². The Bertz CT molecular complexity index is 3790. The monoisotopic (exact) mass is 948 g/mol. The van der Waals surface area contributed by atoms with Gasteiger partial charge < -0.3 is 14.7 Å². The Hall–Kier alpha value is -6.78. The van der Waals surface area contributed by atoms with Crippen LogP contribution in [0.4, 0.5) is 45.5 Å². The minimum atomic E-state index is -0.357. The van der Waals surface area contributed by atoms with Gasteiger partial charge in [0, 0.05) is 56.1 Å². The van der Waals surface area contributed by atoms with Crippen molar-refractivity contribution in [3.8, 4) is 22.3 Å². The molecule has 0 amide bonds. The van der Waals surface area contributed by atoms with Gasteiger partial charge in [-0.2, -0.15) is 0 Å². The van der Waals surface area contributed by atoms with Crippen LogP contribution in [0.25, 0.3) is 22.3 Å². The van der Waals surface area contributed by atoms with Gasteiger partial charge in [-0.1, -0.05) is 184 Å². The van der Waals surface area contributed by atoms with E-state index in [1.54, 1.807) is 0 Å². The van der Waals surface area contributed by atoms with E-state index < -0.39 is 0 Å². The summed E-state index contributed by atoms with van der Waals surface area (Å²) in [5.74, 6) is 0. The summed E-state index contributed by atoms with van der Waals surface area (Å²) in [7, 11) is 0. The lowest BCUT2D eigenvalue weighted by Crippen LogP contribution is -2.62. The van der Waals surface area contributed by atoms with E-state index in [1.165, 1.54) is 148 Å². The molecule has 4 heterocycles. The number of nitrogens with zero attached hydrogens (tertiary/aromatic N) is 3. The topological polar surface area (TPSA) is 9.72 Å². The molecule has 15 rings (SSSR count). The Morgan fingerprint density at radius 3 is 1.84 bits per heavy atom. The van der Waals surface area contributed by atoms with Crippen molar-refractivity contribution in [2.24, 2.45) is 0 Å². The molecule has 1 saturated carbocycles. The van der Waals surface area contributed by atoms with Crippen LogP contribution in [-0.2, 0) is 27.1 Å². The highest BCUT2D eigenvalue weighted by atomic mass is 15.3. The fraction of sp³-hybridized carbons (Fsp3) is 0.304. The van der Waals surface area contributed by atoms with Crippen molar-refractivity contribution in [2.75, 3.05) is 14.7 Å². The van der Waals surface area contributed by atoms with E-state index in [-0.39, 0.29) is 39.3 Å². The molecule has 0 spiro atoms. The smallest absolute Gasteiger partial charge is 0.252 e. The molecule has 3 atom stereocenters. The summed E-state index contributed by atoms with van der Waals surface area (Å²) in [6.45, 7) is 27.0. The van der Waals surface area contributed by atoms with Crippen molar-refractivity contribution in [1.82, 2.24) is 0 Å². The van der Waals surface area contributed by atoms with Crippen molar-refractivity contribution in [3.05, 3.63) is 196 Å². The van der Waals surface area contributed by atoms with Gasteiger partial charge >= 0.3 is 0 Å². The fourth-order valence-electron chi connectivity index (χ4n) is 16.3. The molecular weight excluding hydrogens is 882 g/mol. The predicted octanol–water partition coefficient (Wildman–Crippen LogP) is 16.1. The summed E-state index contributed by atoms with van der Waals surface area (Å²) in [6, 6.07) is 60.4. The first-order valence-electron chi connectivity index (χ1n) is 27.4. The largest absolute Gasteiger partial charge is 0.334 e. The van der Waals surface area contributed by atoms with Gasteiger partial charge in [-0.05, 0) is 163 Å². The number of hydrogen-bond acceptors (Lipinski definition) is 3. The molecule has 7 aliphatic rings. The molecule has 3 unspecified atom stereocenters. The number of para-hydroxylation sites is 1. The number of benzene rings is 8. The number of fused-ring (bicyclic) bond motifs is 15. The summed E-state index contributed by atoms with van der Waals surface area (Å²) in [4.78, 5) is 8.32. The minimum absolute atomic E-state index is 0.000151. The third-order valence-electron chi connectivity index (χ3n) is 20.0. The molecule has 73 heavy (non-hydrogen) atoms. The molecule has 0 N–H and O–H groups in total. The van der Waals surface area contributed by atoms with Crippen molar-refractivity contribution >= 4 is 68.6 Å². The lowest BCUT2D eigenvalue weighted by Gasteiger charge is -2.52. The van der Waals surface area contributed by atoms with E-state index in [4.69, 9.17) is 0 Å². The van der Waals surface area contributed by atoms with E-state index in [0.29, 0.717) is 0 Å². The second-order valence-corrected chi connectivity index (χ2v) is 26.1. The van der Waals surface area contributed by atoms with Crippen molar-refractivity contribution in [2.45, 2.75) is 134 Å². The van der Waals surface area contributed by atoms with Crippen LogP contribution < -0.4 is 31.1 Å². The Morgan fingerprint density at radius 2 is 1.08 bits per heavy atom. The molecule has 8 aromatic carbocycles. The second kappa shape index (κ2) is 13.9. The van der Waals surface area contributed by atoms with Gasteiger partial charge in [-0.25, -0.2) is 0 Å². The summed E-state index contributed by atoms with van der Waals surface area (Å²) < 4.78 is 0. The zero-order chi connectivity index (χ0) is 50.1. The molecule has 0 radical (unpaired) electrons. The van der Waals surface area contributed by atoms with Crippen LogP contribution in [0.5, 0.6) is 0 Å². The molecular formula is C69H66BN3. The first kappa shape index (κ1) is 43.8. The van der Waals surface area contributed by atoms with Crippen LogP contribution in [0, 0.1) is 0 Å². The van der Waals surface area contributed by atoms with Gasteiger partial charge in [-0.3, -0.25) is 0 Å². The van der Waals surface area contributed by atoms with Crippen molar-refractivity contribution < 1.29 is 0 Å². The number of rotatable bonds is 2. The van der Waals surface area contributed by atoms with Gasteiger partial charge in [0.1, 0.15) is 0 Å². The summed E-state index contributed by atoms with van der Waals surface area (Å²) in [6.07, 6.45) is 4.82. The molecule has 0 saturated heterocycles. The minimum Gasteiger partial charge on any atom is -0.334 e. The second-order valence-electron chi connectivity index (χ2n) is 26.1. The summed E-state index contributed by atoms with van der Waals surface area (Å²) in [5, 5.41) is 0. The van der Waals surface area contributed by atoms with Crippen LogP contribution in [0.1, 0.15) is 146 Å². The van der Waals surface area contributed by atoms with Crippen LogP contribution in [0.15, 0.2) is 152 Å². The maximum Gasteiger partial charge on any atom is 0.252 e. The molecule has 0 bridgehead atoms. The molecule has 360 valence electrons. The molecule has 1 fully saturated rings. The average molecular weight is 948 g/mol. The summed E-state index contributed by atoms with van der Waals surface area (Å²) >= 11 is 0. The quantitative estimate of drug-likeness (QED) is 0.160. The average Bonchev–Trinajstić information content (AvgIpc) is 3.89. The Morgan fingerprint density at radius 1 is 0.452 bits per heavy atom. The predicted molar refractivity (Wildman–Crippen MR) is 309 cm³/mol. The molecule has 4 aliphatic heterocycles. The zero-order valence-corrected chi connectivity index (χ0v) is 44.7. The fourth-order valence-corrected chi connectivity index (χ4v) is 16.3. The van der Waals surface area contributed by atoms with Crippen LogP contribution in [-0.4, -0.2) is 12.3 Å². The van der Waals surface area contributed by atoms with Crippen LogP contribution >= 0.6 is 0 Å². The molecule has 3 aliphatic carbocycles. The number of hydrogen-bond donors (Lipinski definition) is 0. The van der Waals surface area contributed by atoms with Gasteiger partial charge in [0.2, 0.25) is 0 Å². The van der Waals surface area contributed by atoms with Gasteiger partial charge in [0.05, 0.1) is 11.2 Å². The maximum atomic E-state index is 2.83. The van der Waals surface area contributed by atoms with Crippen molar-refractivity contribution in [3.63, 3.8) is 0 Å². The Kier molecular flexibility index (Phi) is 8.32. The van der Waals surface area contributed by atoms with E-state index in [2.05, 4.69) is 243 Å². The highest BCUT2D eigenvalue weighted by Crippen LogP contribution is 2.66. The Labute approximate surface area is 434 Å². The first-order chi connectivity index (χ1) is 34.9. The normalized spacial score (nSPS) is 22.7. The van der Waals surface area contributed by atoms with Gasteiger partial charge in [0.25, 0.3) is 6.71 Å². The third kappa shape index (κ3) is 5.23. The van der Waals surface area contributed by atoms with Gasteiger partial charge in [-0.15, -0.1) is 0 Å². The van der Waals surface area contributed by atoms with Crippen molar-refractivity contribution in [1.29, 1.82) is 0 Å². The van der Waals surface area contributed by atoms with E-state index in [1.807, 2.05) is 0 Å². The lowest BCUT2D eigenvalue weighted by molar-refractivity contribution is 0.195. The lowest BCUT2D eigenvalue weighted by atomic mass is 9.32. The summed E-state index contributed by atoms with van der Waals surface area (Å²) in [5.41, 5.74) is 30.6. The molecule has 8 aromatic rings. The third-order valence-corrected chi connectivity index (χ3v) is 20.0. The molecule has 0 aromatic heterocycles. The van der Waals surface area contributed by atoms with E-state index >= 15 is 0 Å². The van der Waals surface area contributed by atoms with Crippen LogP contribution in [0.2, 0.25) is 0 Å². The molecule has 4 heteroatoms. The standard InChI is InChI=1S/C69H66BN3/c1-64(2,3)41-29-33-53-57(37-41)71(42-30-31-46-44-21-12-14-24-48(44)66(7,8)52(46)38-42)58-39-43(73-55-27-17-16-26-50(55)67(9)35-18-19-36-68(67,73)10)40-59-62(58)70(53)54-34-32-51(65(4,5)6)61-63(54)72(59)56-28-20-23-47-45-22-13-15-25-49(45)69(61,11)60(47)56/h12-17,20-34,37-40H,18-19,35-36H2,1-11H3. The van der Waals surface area contributed by atoms with E-state index in [9.17, 15) is 0 Å². The first-order valence-corrected chi connectivity index (χ1v) is 27.4. The number of anilines is 8. The van der Waals surface area contributed by atoms with Crippen LogP contribution in [0.3, 0.4) is 0 Å².